The fourth-order valence-corrected chi connectivity index (χ4v) is 4.47. The van der Waals surface area contributed by atoms with Crippen LogP contribution in [-0.4, -0.2) is 0 Å². The van der Waals surface area contributed by atoms with Gasteiger partial charge in [0.05, 0.1) is 0 Å². The normalized spacial score (nSPS) is 10.5. The van der Waals surface area contributed by atoms with Crippen molar-refractivity contribution in [1.82, 2.24) is 0 Å². The van der Waals surface area contributed by atoms with Crippen molar-refractivity contribution in [2.24, 2.45) is 0 Å². The molecule has 0 unspecified atom stereocenters. The van der Waals surface area contributed by atoms with E-state index in [1.165, 1.54) is 66.1 Å². The van der Waals surface area contributed by atoms with Gasteiger partial charge in [0.25, 0.3) is 0 Å². The van der Waals surface area contributed by atoms with E-state index < -0.39 is 0 Å². The van der Waals surface area contributed by atoms with Crippen LogP contribution in [0.25, 0.3) is 21.5 Å². The average molecular weight is 489 g/mol. The molecular formula is C25H26Cl2Zr. The summed E-state index contributed by atoms with van der Waals surface area (Å²) in [5, 5.41) is 5.79. The third kappa shape index (κ3) is 3.91. The fourth-order valence-electron chi connectivity index (χ4n) is 4.47. The van der Waals surface area contributed by atoms with Crippen LogP contribution in [0.2, 0.25) is 0 Å². The molecule has 0 fully saturated rings. The van der Waals surface area contributed by atoms with Gasteiger partial charge in [-0.25, -0.2) is 0 Å². The van der Waals surface area contributed by atoms with E-state index >= 15 is 0 Å². The number of fused-ring (bicyclic) bond motifs is 2. The molecule has 0 spiro atoms. The molecule has 0 atom stereocenters. The molecule has 0 N–H and O–H groups in total. The second-order valence-electron chi connectivity index (χ2n) is 7.76. The summed E-state index contributed by atoms with van der Waals surface area (Å²) in [6.45, 7) is 13.5. The van der Waals surface area contributed by atoms with Gasteiger partial charge in [-0.1, -0.05) is 57.4 Å². The Balaban J connectivity index is 0.00000131. The number of aryl methyl sites for hydroxylation is 6. The van der Waals surface area contributed by atoms with Crippen molar-refractivity contribution >= 4 is 21.5 Å². The topological polar surface area (TPSA) is 0 Å². The van der Waals surface area contributed by atoms with E-state index in [-0.39, 0.29) is 51.0 Å². The molecule has 0 aliphatic carbocycles. The van der Waals surface area contributed by atoms with Crippen molar-refractivity contribution in [3.63, 3.8) is 0 Å². The van der Waals surface area contributed by atoms with Crippen LogP contribution in [0, 0.1) is 41.5 Å². The first kappa shape index (κ1) is 25.2. The van der Waals surface area contributed by atoms with E-state index in [9.17, 15) is 0 Å². The molecule has 4 aromatic carbocycles. The summed E-state index contributed by atoms with van der Waals surface area (Å²) in [5.74, 6) is 0. The van der Waals surface area contributed by atoms with Gasteiger partial charge in [0.15, 0.2) is 0 Å². The second kappa shape index (κ2) is 9.29. The molecule has 0 nitrogen and oxygen atoms in total. The van der Waals surface area contributed by atoms with E-state index in [0.29, 0.717) is 0 Å². The Labute approximate surface area is 200 Å². The number of hydrogen-bond donors (Lipinski definition) is 0. The summed E-state index contributed by atoms with van der Waals surface area (Å²) in [6, 6.07) is 13.8. The molecular weight excluding hydrogens is 462 g/mol. The first-order valence-electron chi connectivity index (χ1n) is 9.18. The third-order valence-corrected chi connectivity index (χ3v) is 5.97. The van der Waals surface area contributed by atoms with Crippen molar-refractivity contribution in [1.29, 1.82) is 0 Å². The van der Waals surface area contributed by atoms with Crippen LogP contribution in [-0.2, 0) is 32.6 Å². The van der Waals surface area contributed by atoms with Crippen LogP contribution >= 0.6 is 0 Å². The van der Waals surface area contributed by atoms with Crippen LogP contribution in [0.3, 0.4) is 0 Å². The summed E-state index contributed by atoms with van der Waals surface area (Å²) in [6.07, 6.45) is 1.03. The average Bonchev–Trinajstić information content (AvgIpc) is 3.08. The van der Waals surface area contributed by atoms with Gasteiger partial charge >= 0.3 is 26.2 Å². The maximum atomic E-state index is 2.38. The van der Waals surface area contributed by atoms with Crippen molar-refractivity contribution in [3.05, 3.63) is 80.9 Å². The standard InChI is InChI=1S/C25H26.2ClH.Zr/c1-14-7-9-16(3)24-20(14)11-18(5)22(24)13-23-19(6)12-21-15(2)8-10-17(4)25(21)23;;;/h7-12H,13H2,1-6H3;2*1H;/q-2;;;+4/p-2. The minimum absolute atomic E-state index is 0. The molecule has 0 heterocycles. The monoisotopic (exact) mass is 486 g/mol. The number of hydrogen-bond acceptors (Lipinski definition) is 0. The molecule has 4 rings (SSSR count). The molecule has 144 valence electrons. The van der Waals surface area contributed by atoms with Crippen molar-refractivity contribution < 1.29 is 51.0 Å². The molecule has 0 amide bonds. The minimum atomic E-state index is 0. The molecule has 0 saturated heterocycles. The summed E-state index contributed by atoms with van der Waals surface area (Å²) in [7, 11) is 0. The molecule has 0 aliphatic heterocycles. The number of benzene rings is 2. The van der Waals surface area contributed by atoms with Crippen LogP contribution in [0.1, 0.15) is 44.5 Å². The molecule has 0 aliphatic rings. The maximum absolute atomic E-state index is 2.38. The van der Waals surface area contributed by atoms with Crippen LogP contribution in [0.5, 0.6) is 0 Å². The number of rotatable bonds is 2. The molecule has 0 saturated carbocycles. The van der Waals surface area contributed by atoms with Gasteiger partial charge in [-0.3, -0.25) is 0 Å². The smallest absolute Gasteiger partial charge is 1.00 e. The largest absolute Gasteiger partial charge is 4.00 e. The summed E-state index contributed by atoms with van der Waals surface area (Å²) in [5.41, 5.74) is 11.4. The molecule has 0 bridgehead atoms. The third-order valence-electron chi connectivity index (χ3n) is 5.97. The molecule has 3 heteroatoms. The fraction of sp³-hybridized carbons (Fsp3) is 0.280. The van der Waals surface area contributed by atoms with Gasteiger partial charge in [-0.05, 0) is 13.8 Å². The predicted octanol–water partition coefficient (Wildman–Crippen LogP) is 0.878. The van der Waals surface area contributed by atoms with Crippen LogP contribution < -0.4 is 24.8 Å². The Morgan fingerprint density at radius 3 is 1.25 bits per heavy atom. The Hall–Kier alpha value is -0.877. The first-order valence-corrected chi connectivity index (χ1v) is 9.18. The first-order chi connectivity index (χ1) is 11.9. The van der Waals surface area contributed by atoms with Gasteiger partial charge in [-0.2, -0.15) is 11.1 Å². The van der Waals surface area contributed by atoms with Gasteiger partial charge in [-0.15, -0.1) is 68.1 Å². The summed E-state index contributed by atoms with van der Waals surface area (Å²) < 4.78 is 0. The second-order valence-corrected chi connectivity index (χ2v) is 7.76. The van der Waals surface area contributed by atoms with E-state index in [1.54, 1.807) is 0 Å². The predicted molar refractivity (Wildman–Crippen MR) is 110 cm³/mol. The summed E-state index contributed by atoms with van der Waals surface area (Å²) >= 11 is 0. The van der Waals surface area contributed by atoms with Crippen molar-refractivity contribution in [2.45, 2.75) is 48.0 Å². The molecule has 0 aromatic heterocycles. The van der Waals surface area contributed by atoms with Crippen molar-refractivity contribution in [2.75, 3.05) is 0 Å². The zero-order valence-electron chi connectivity index (χ0n) is 17.4. The summed E-state index contributed by atoms with van der Waals surface area (Å²) in [4.78, 5) is 0. The molecule has 0 radical (unpaired) electrons. The van der Waals surface area contributed by atoms with E-state index in [1.807, 2.05) is 0 Å². The van der Waals surface area contributed by atoms with Gasteiger partial charge in [0.2, 0.25) is 0 Å². The zero-order chi connectivity index (χ0) is 17.9. The Morgan fingerprint density at radius 1 is 0.571 bits per heavy atom. The van der Waals surface area contributed by atoms with Crippen LogP contribution in [0.15, 0.2) is 36.4 Å². The number of halogens is 2. The molecule has 28 heavy (non-hydrogen) atoms. The Morgan fingerprint density at radius 2 is 0.893 bits per heavy atom. The van der Waals surface area contributed by atoms with E-state index in [4.69, 9.17) is 0 Å². The van der Waals surface area contributed by atoms with Crippen molar-refractivity contribution in [3.8, 4) is 0 Å². The minimum Gasteiger partial charge on any atom is -1.00 e. The van der Waals surface area contributed by atoms with E-state index in [2.05, 4.69) is 77.9 Å². The SMILES string of the molecule is Cc1[cH-]c2c(C)ccc(C)c2c1Cc1c(C)[cH-]c2c(C)ccc(C)c12.[Cl-].[Cl-].[Zr+4]. The Bertz CT molecular complexity index is 1040. The van der Waals surface area contributed by atoms with Gasteiger partial charge in [0.1, 0.15) is 0 Å². The maximum Gasteiger partial charge on any atom is 4.00 e. The quantitative estimate of drug-likeness (QED) is 0.368. The van der Waals surface area contributed by atoms with Gasteiger partial charge in [0, 0.05) is 0 Å². The van der Waals surface area contributed by atoms with Crippen LogP contribution in [0.4, 0.5) is 0 Å². The van der Waals surface area contributed by atoms with Gasteiger partial charge < -0.3 is 24.8 Å². The van der Waals surface area contributed by atoms with E-state index in [0.717, 1.165) is 6.42 Å². The molecule has 4 aromatic rings. The zero-order valence-corrected chi connectivity index (χ0v) is 21.4. The Kier molecular flexibility index (Phi) is 8.35.